The molecule has 0 aliphatic heterocycles. The molecule has 0 amide bonds. The predicted molar refractivity (Wildman–Crippen MR) is 81.8 cm³/mol. The monoisotopic (exact) mass is 322 g/mol. The van der Waals surface area contributed by atoms with Gasteiger partial charge in [-0.15, -0.1) is 0 Å². The summed E-state index contributed by atoms with van der Waals surface area (Å²) in [5.74, 6) is 1.14. The van der Waals surface area contributed by atoms with E-state index in [0.29, 0.717) is 17.1 Å². The number of carbonyl (C=O) groups excluding carboxylic acids is 1. The third kappa shape index (κ3) is 3.92. The summed E-state index contributed by atoms with van der Waals surface area (Å²) in [7, 11) is 0. The van der Waals surface area contributed by atoms with E-state index in [2.05, 4.69) is 0 Å². The van der Waals surface area contributed by atoms with Crippen molar-refractivity contribution >= 4 is 6.79 Å². The third-order valence-electron chi connectivity index (χ3n) is 3.80. The van der Waals surface area contributed by atoms with Gasteiger partial charge in [0.25, 0.3) is 0 Å². The van der Waals surface area contributed by atoms with Crippen LogP contribution in [0.25, 0.3) is 0 Å². The molecular weight excluding hydrogens is 305 g/mol. The van der Waals surface area contributed by atoms with Crippen LogP contribution in [0.3, 0.4) is 0 Å². The molecule has 0 unspecified atom stereocenters. The Hall–Kier alpha value is -2.30. The maximum Gasteiger partial charge on any atom is 0.416 e. The number of hydrogen-bond acceptors (Lipinski definition) is 2. The number of ether oxygens (including phenoxy) is 1. The maximum absolute atomic E-state index is 12.6. The molecule has 0 fully saturated rings. The van der Waals surface area contributed by atoms with Gasteiger partial charge in [0.2, 0.25) is 0 Å². The summed E-state index contributed by atoms with van der Waals surface area (Å²) >= 11 is 0. The molecule has 2 aromatic carbocycles. The number of rotatable bonds is 2. The van der Waals surface area contributed by atoms with Gasteiger partial charge < -0.3 is 9.53 Å². The van der Waals surface area contributed by atoms with Crippen LogP contribution in [-0.4, -0.2) is 6.79 Å². The van der Waals surface area contributed by atoms with Crippen LogP contribution in [0.15, 0.2) is 36.4 Å². The van der Waals surface area contributed by atoms with Crippen LogP contribution in [0.1, 0.15) is 28.7 Å². The quantitative estimate of drug-likeness (QED) is 0.768. The SMILES string of the molecule is C=O.Cc1cc(C(F)(F)F)ccc1Oc1ccc2c(c1)CCC2. The summed E-state index contributed by atoms with van der Waals surface area (Å²) in [6.07, 6.45) is -1.04. The van der Waals surface area contributed by atoms with Crippen molar-refractivity contribution in [2.24, 2.45) is 0 Å². The van der Waals surface area contributed by atoms with Gasteiger partial charge >= 0.3 is 6.18 Å². The molecule has 23 heavy (non-hydrogen) atoms. The Kier molecular flexibility index (Phi) is 5.08. The first-order valence-electron chi connectivity index (χ1n) is 7.20. The first kappa shape index (κ1) is 17.1. The first-order valence-corrected chi connectivity index (χ1v) is 7.20. The number of halogens is 3. The Morgan fingerprint density at radius 3 is 2.35 bits per heavy atom. The van der Waals surface area contributed by atoms with E-state index in [9.17, 15) is 13.2 Å². The fourth-order valence-corrected chi connectivity index (χ4v) is 2.68. The Morgan fingerprint density at radius 2 is 1.70 bits per heavy atom. The van der Waals surface area contributed by atoms with E-state index >= 15 is 0 Å². The molecule has 2 nitrogen and oxygen atoms in total. The van der Waals surface area contributed by atoms with Gasteiger partial charge in [-0.25, -0.2) is 0 Å². The summed E-state index contributed by atoms with van der Waals surface area (Å²) < 4.78 is 43.6. The molecular formula is C18H17F3O2. The van der Waals surface area contributed by atoms with Crippen molar-refractivity contribution in [3.63, 3.8) is 0 Å². The van der Waals surface area contributed by atoms with Gasteiger partial charge in [0.15, 0.2) is 0 Å². The van der Waals surface area contributed by atoms with Crippen LogP contribution in [0.2, 0.25) is 0 Å². The largest absolute Gasteiger partial charge is 0.457 e. The zero-order chi connectivity index (χ0) is 17.0. The number of alkyl halides is 3. The number of carbonyl (C=O) groups is 1. The Morgan fingerprint density at radius 1 is 1.00 bits per heavy atom. The Labute approximate surface area is 132 Å². The van der Waals surface area contributed by atoms with Gasteiger partial charge in [-0.1, -0.05) is 6.07 Å². The van der Waals surface area contributed by atoms with Gasteiger partial charge in [0, 0.05) is 0 Å². The molecule has 122 valence electrons. The average Bonchev–Trinajstić information content (AvgIpc) is 2.98. The highest BCUT2D eigenvalue weighted by Gasteiger charge is 2.30. The second-order valence-corrected chi connectivity index (χ2v) is 5.36. The molecule has 0 radical (unpaired) electrons. The van der Waals surface area contributed by atoms with Crippen molar-refractivity contribution < 1.29 is 22.7 Å². The van der Waals surface area contributed by atoms with Gasteiger partial charge in [0.1, 0.15) is 18.3 Å². The molecule has 0 aromatic heterocycles. The maximum atomic E-state index is 12.6. The molecule has 2 aromatic rings. The molecule has 0 saturated heterocycles. The van der Waals surface area contributed by atoms with E-state index < -0.39 is 11.7 Å². The fraction of sp³-hybridized carbons (Fsp3) is 0.278. The molecule has 5 heteroatoms. The van der Waals surface area contributed by atoms with Crippen molar-refractivity contribution in [3.05, 3.63) is 58.7 Å². The molecule has 0 saturated carbocycles. The zero-order valence-electron chi connectivity index (χ0n) is 12.7. The summed E-state index contributed by atoms with van der Waals surface area (Å²) in [4.78, 5) is 8.00. The molecule has 0 N–H and O–H groups in total. The van der Waals surface area contributed by atoms with Crippen molar-refractivity contribution in [3.8, 4) is 11.5 Å². The van der Waals surface area contributed by atoms with Crippen LogP contribution < -0.4 is 4.74 Å². The van der Waals surface area contributed by atoms with Crippen LogP contribution in [-0.2, 0) is 23.8 Å². The lowest BCUT2D eigenvalue weighted by Gasteiger charge is -2.13. The minimum atomic E-state index is -4.32. The fourth-order valence-electron chi connectivity index (χ4n) is 2.68. The Bertz CT molecular complexity index is 693. The molecule has 0 bridgehead atoms. The lowest BCUT2D eigenvalue weighted by Crippen LogP contribution is -2.05. The van der Waals surface area contributed by atoms with Gasteiger partial charge in [0.05, 0.1) is 5.56 Å². The molecule has 1 aliphatic rings. The average molecular weight is 322 g/mol. The number of aryl methyl sites for hydroxylation is 3. The first-order chi connectivity index (χ1) is 10.9. The van der Waals surface area contributed by atoms with Crippen molar-refractivity contribution in [2.45, 2.75) is 32.4 Å². The zero-order valence-corrected chi connectivity index (χ0v) is 12.7. The van der Waals surface area contributed by atoms with Crippen LogP contribution >= 0.6 is 0 Å². The second-order valence-electron chi connectivity index (χ2n) is 5.36. The topological polar surface area (TPSA) is 26.3 Å². The van der Waals surface area contributed by atoms with Crippen molar-refractivity contribution in [1.29, 1.82) is 0 Å². The highest BCUT2D eigenvalue weighted by Crippen LogP contribution is 2.34. The molecule has 0 spiro atoms. The highest BCUT2D eigenvalue weighted by atomic mass is 19.4. The van der Waals surface area contributed by atoms with Crippen LogP contribution in [0, 0.1) is 6.92 Å². The van der Waals surface area contributed by atoms with Gasteiger partial charge in [-0.2, -0.15) is 13.2 Å². The van der Waals surface area contributed by atoms with E-state index in [1.54, 1.807) is 6.92 Å². The third-order valence-corrected chi connectivity index (χ3v) is 3.80. The Balaban J connectivity index is 0.000000924. The minimum absolute atomic E-state index is 0.459. The normalized spacial score (nSPS) is 13.0. The van der Waals surface area contributed by atoms with E-state index in [0.717, 1.165) is 31.4 Å². The molecule has 1 aliphatic carbocycles. The minimum Gasteiger partial charge on any atom is -0.457 e. The van der Waals surface area contributed by atoms with E-state index in [1.807, 2.05) is 25.0 Å². The highest BCUT2D eigenvalue weighted by molar-refractivity contribution is 5.43. The van der Waals surface area contributed by atoms with E-state index in [4.69, 9.17) is 9.53 Å². The number of hydrogen-bond donors (Lipinski definition) is 0. The van der Waals surface area contributed by atoms with E-state index in [1.165, 1.54) is 17.2 Å². The van der Waals surface area contributed by atoms with Crippen LogP contribution in [0.5, 0.6) is 11.5 Å². The summed E-state index contributed by atoms with van der Waals surface area (Å²) in [5, 5.41) is 0. The predicted octanol–water partition coefficient (Wildman–Crippen LogP) is 5.11. The van der Waals surface area contributed by atoms with Gasteiger partial charge in [-0.05, 0) is 73.2 Å². The number of fused-ring (bicyclic) bond motifs is 1. The standard InChI is InChI=1S/C17H15F3O.CH2O/c1-11-9-14(17(18,19)20)6-8-16(11)21-15-7-5-12-3-2-4-13(12)10-15;1-2/h5-10H,2-4H2,1H3;1H2. The van der Waals surface area contributed by atoms with Crippen LogP contribution in [0.4, 0.5) is 13.2 Å². The summed E-state index contributed by atoms with van der Waals surface area (Å²) in [5.41, 5.74) is 2.44. The van der Waals surface area contributed by atoms with Crippen molar-refractivity contribution in [2.75, 3.05) is 0 Å². The van der Waals surface area contributed by atoms with Crippen molar-refractivity contribution in [1.82, 2.24) is 0 Å². The summed E-state index contributed by atoms with van der Waals surface area (Å²) in [6, 6.07) is 9.45. The molecule has 0 atom stereocenters. The molecule has 0 heterocycles. The lowest BCUT2D eigenvalue weighted by molar-refractivity contribution is -0.137. The van der Waals surface area contributed by atoms with Gasteiger partial charge in [-0.3, -0.25) is 0 Å². The summed E-state index contributed by atoms with van der Waals surface area (Å²) in [6.45, 7) is 3.62. The molecule has 3 rings (SSSR count). The van der Waals surface area contributed by atoms with E-state index in [-0.39, 0.29) is 0 Å². The lowest BCUT2D eigenvalue weighted by atomic mass is 10.1. The number of benzene rings is 2. The second kappa shape index (κ2) is 6.86. The smallest absolute Gasteiger partial charge is 0.416 e.